The van der Waals surface area contributed by atoms with E-state index in [1.54, 1.807) is 36.4 Å². The van der Waals surface area contributed by atoms with E-state index in [0.717, 1.165) is 0 Å². The molecule has 0 bridgehead atoms. The number of Topliss-reactive ketones (excluding diaryl/α,β-unsaturated/α-hetero) is 1. The quantitative estimate of drug-likeness (QED) is 0.697. The molecular weight excluding hydrogens is 338 g/mol. The van der Waals surface area contributed by atoms with Crippen LogP contribution in [0.15, 0.2) is 36.4 Å². The van der Waals surface area contributed by atoms with Gasteiger partial charge in [0.15, 0.2) is 0 Å². The van der Waals surface area contributed by atoms with Crippen molar-refractivity contribution in [2.24, 2.45) is 0 Å². The minimum atomic E-state index is -0.0463. The molecule has 0 radical (unpaired) electrons. The second kappa shape index (κ2) is 6.82. The molecule has 2 aromatic carbocycles. The summed E-state index contributed by atoms with van der Waals surface area (Å²) in [7, 11) is 0. The van der Waals surface area contributed by atoms with Crippen molar-refractivity contribution in [2.45, 2.75) is 12.8 Å². The Kier molecular flexibility index (Phi) is 5.34. The van der Waals surface area contributed by atoms with Crippen LogP contribution in [0.5, 0.6) is 0 Å². The first kappa shape index (κ1) is 15.7. The third-order valence-corrected chi connectivity index (χ3v) is 4.29. The Morgan fingerprint density at radius 1 is 0.700 bits per heavy atom. The Bertz CT molecular complexity index is 556. The molecule has 2 rings (SSSR count). The molecule has 0 N–H and O–H groups in total. The van der Waals surface area contributed by atoms with Gasteiger partial charge < -0.3 is 0 Å². The fourth-order valence-electron chi connectivity index (χ4n) is 1.86. The summed E-state index contributed by atoms with van der Waals surface area (Å²) >= 11 is 24.2. The summed E-state index contributed by atoms with van der Waals surface area (Å²) in [5, 5.41) is 1.93. The topological polar surface area (TPSA) is 17.1 Å². The monoisotopic (exact) mass is 346 g/mol. The molecule has 1 nitrogen and oxygen atoms in total. The van der Waals surface area contributed by atoms with Crippen LogP contribution in [-0.4, -0.2) is 5.78 Å². The number of halogens is 4. The Morgan fingerprint density at radius 3 is 1.30 bits per heavy atom. The van der Waals surface area contributed by atoms with Gasteiger partial charge in [0.05, 0.1) is 0 Å². The molecule has 0 aliphatic carbocycles. The Labute approximate surface area is 137 Å². The van der Waals surface area contributed by atoms with Gasteiger partial charge in [-0.05, 0) is 35.4 Å². The lowest BCUT2D eigenvalue weighted by Crippen LogP contribution is -2.08. The zero-order chi connectivity index (χ0) is 14.7. The summed E-state index contributed by atoms with van der Waals surface area (Å²) in [5.74, 6) is -0.0463. The molecule has 104 valence electrons. The molecule has 0 aliphatic heterocycles. The molecule has 0 saturated heterocycles. The molecule has 0 heterocycles. The summed E-state index contributed by atoms with van der Waals surface area (Å²) in [5.41, 5.74) is 1.26. The molecule has 0 amide bonds. The van der Waals surface area contributed by atoms with Crippen molar-refractivity contribution in [3.63, 3.8) is 0 Å². The van der Waals surface area contributed by atoms with Crippen molar-refractivity contribution >= 4 is 52.2 Å². The molecule has 0 aromatic heterocycles. The molecule has 0 unspecified atom stereocenters. The van der Waals surface area contributed by atoms with E-state index in [9.17, 15) is 4.79 Å². The predicted molar refractivity (Wildman–Crippen MR) is 85.3 cm³/mol. The first-order valence-electron chi connectivity index (χ1n) is 5.86. The molecule has 0 atom stereocenters. The van der Waals surface area contributed by atoms with Crippen LogP contribution in [0.1, 0.15) is 11.1 Å². The summed E-state index contributed by atoms with van der Waals surface area (Å²) in [6, 6.07) is 10.3. The van der Waals surface area contributed by atoms with Gasteiger partial charge in [0, 0.05) is 32.9 Å². The summed E-state index contributed by atoms with van der Waals surface area (Å²) in [6.45, 7) is 0. The van der Waals surface area contributed by atoms with Gasteiger partial charge in [-0.3, -0.25) is 4.79 Å². The SMILES string of the molecule is O=C(Cc1c(Cl)cccc1Cl)Cc1c(Cl)cccc1Cl. The third kappa shape index (κ3) is 3.67. The van der Waals surface area contributed by atoms with E-state index in [-0.39, 0.29) is 18.6 Å². The Hall–Kier alpha value is -0.730. The molecule has 20 heavy (non-hydrogen) atoms. The lowest BCUT2D eigenvalue weighted by molar-refractivity contribution is -0.117. The minimum Gasteiger partial charge on any atom is -0.299 e. The van der Waals surface area contributed by atoms with Crippen molar-refractivity contribution in [3.05, 3.63) is 67.6 Å². The van der Waals surface area contributed by atoms with Crippen molar-refractivity contribution in [1.82, 2.24) is 0 Å². The lowest BCUT2D eigenvalue weighted by Gasteiger charge is -2.08. The molecular formula is C15H10Cl4O. The molecule has 0 saturated carbocycles. The first-order valence-corrected chi connectivity index (χ1v) is 7.37. The van der Waals surface area contributed by atoms with Gasteiger partial charge in [-0.25, -0.2) is 0 Å². The van der Waals surface area contributed by atoms with Crippen molar-refractivity contribution in [2.75, 3.05) is 0 Å². The van der Waals surface area contributed by atoms with Gasteiger partial charge in [-0.2, -0.15) is 0 Å². The van der Waals surface area contributed by atoms with Gasteiger partial charge in [0.2, 0.25) is 0 Å². The maximum Gasteiger partial charge on any atom is 0.141 e. The largest absolute Gasteiger partial charge is 0.299 e. The van der Waals surface area contributed by atoms with Gasteiger partial charge in [-0.15, -0.1) is 0 Å². The fourth-order valence-corrected chi connectivity index (χ4v) is 2.92. The highest BCUT2D eigenvalue weighted by molar-refractivity contribution is 6.37. The van der Waals surface area contributed by atoms with Crippen LogP contribution in [0.2, 0.25) is 20.1 Å². The highest BCUT2D eigenvalue weighted by Crippen LogP contribution is 2.28. The zero-order valence-corrected chi connectivity index (χ0v) is 13.3. The number of carbonyl (C=O) groups is 1. The molecule has 0 fully saturated rings. The van der Waals surface area contributed by atoms with Crippen LogP contribution in [0.3, 0.4) is 0 Å². The van der Waals surface area contributed by atoms with E-state index < -0.39 is 0 Å². The minimum absolute atomic E-state index is 0.0463. The molecule has 2 aromatic rings. The summed E-state index contributed by atoms with van der Waals surface area (Å²) in [6.07, 6.45) is 0.306. The van der Waals surface area contributed by atoms with Crippen LogP contribution >= 0.6 is 46.4 Å². The highest BCUT2D eigenvalue weighted by atomic mass is 35.5. The van der Waals surface area contributed by atoms with Crippen LogP contribution in [0.25, 0.3) is 0 Å². The van der Waals surface area contributed by atoms with E-state index in [1.165, 1.54) is 0 Å². The van der Waals surface area contributed by atoms with Gasteiger partial charge >= 0.3 is 0 Å². The number of hydrogen-bond donors (Lipinski definition) is 0. The average Bonchev–Trinajstić information content (AvgIpc) is 2.39. The number of ketones is 1. The van der Waals surface area contributed by atoms with E-state index in [1.807, 2.05) is 0 Å². The zero-order valence-electron chi connectivity index (χ0n) is 10.3. The summed E-state index contributed by atoms with van der Waals surface area (Å²) < 4.78 is 0. The van der Waals surface area contributed by atoms with Crippen LogP contribution in [-0.2, 0) is 17.6 Å². The van der Waals surface area contributed by atoms with Crippen molar-refractivity contribution < 1.29 is 4.79 Å². The second-order valence-electron chi connectivity index (χ2n) is 4.29. The van der Waals surface area contributed by atoms with E-state index >= 15 is 0 Å². The fraction of sp³-hybridized carbons (Fsp3) is 0.133. The highest BCUT2D eigenvalue weighted by Gasteiger charge is 2.14. The van der Waals surface area contributed by atoms with Crippen LogP contribution < -0.4 is 0 Å². The Morgan fingerprint density at radius 2 is 1.00 bits per heavy atom. The number of benzene rings is 2. The molecule has 0 aliphatic rings. The van der Waals surface area contributed by atoms with E-state index in [2.05, 4.69) is 0 Å². The predicted octanol–water partition coefficient (Wildman–Crippen LogP) is 5.65. The van der Waals surface area contributed by atoms with Crippen molar-refractivity contribution in [1.29, 1.82) is 0 Å². The average molecular weight is 348 g/mol. The van der Waals surface area contributed by atoms with Gasteiger partial charge in [0.1, 0.15) is 5.78 Å². The molecule has 0 spiro atoms. The standard InChI is InChI=1S/C15H10Cl4O/c16-12-3-1-4-13(17)10(12)7-9(20)8-11-14(18)5-2-6-15(11)19/h1-6H,7-8H2. The maximum atomic E-state index is 12.2. The normalized spacial score (nSPS) is 10.6. The summed E-state index contributed by atoms with van der Waals surface area (Å²) in [4.78, 5) is 12.2. The van der Waals surface area contributed by atoms with Crippen molar-refractivity contribution in [3.8, 4) is 0 Å². The Balaban J connectivity index is 2.18. The van der Waals surface area contributed by atoms with E-state index in [4.69, 9.17) is 46.4 Å². The third-order valence-electron chi connectivity index (χ3n) is 2.87. The first-order chi connectivity index (χ1) is 9.49. The number of carbonyl (C=O) groups excluding carboxylic acids is 1. The number of rotatable bonds is 4. The maximum absolute atomic E-state index is 12.2. The van der Waals surface area contributed by atoms with Gasteiger partial charge in [-0.1, -0.05) is 58.5 Å². The lowest BCUT2D eigenvalue weighted by atomic mass is 10.0. The second-order valence-corrected chi connectivity index (χ2v) is 5.92. The molecule has 5 heteroatoms. The smallest absolute Gasteiger partial charge is 0.141 e. The van der Waals surface area contributed by atoms with Crippen LogP contribution in [0.4, 0.5) is 0 Å². The van der Waals surface area contributed by atoms with Crippen LogP contribution in [0, 0.1) is 0 Å². The van der Waals surface area contributed by atoms with Gasteiger partial charge in [0.25, 0.3) is 0 Å². The van der Waals surface area contributed by atoms with E-state index in [0.29, 0.717) is 31.2 Å². The number of hydrogen-bond acceptors (Lipinski definition) is 1.